The lowest BCUT2D eigenvalue weighted by molar-refractivity contribution is -0.141. The van der Waals surface area contributed by atoms with Crippen molar-refractivity contribution in [2.45, 2.75) is 90.4 Å². The summed E-state index contributed by atoms with van der Waals surface area (Å²) in [5.74, 6) is 0.482. The first-order valence-corrected chi connectivity index (χ1v) is 11.2. The minimum absolute atomic E-state index is 0.133. The molecular formula is C24H40O5. The molecule has 0 saturated carbocycles. The van der Waals surface area contributed by atoms with Gasteiger partial charge in [-0.15, -0.1) is 0 Å². The van der Waals surface area contributed by atoms with Crippen molar-refractivity contribution in [2.24, 2.45) is 0 Å². The van der Waals surface area contributed by atoms with Gasteiger partial charge in [0.25, 0.3) is 0 Å². The van der Waals surface area contributed by atoms with Crippen LogP contribution in [0.5, 0.6) is 5.75 Å². The maximum absolute atomic E-state index is 11.8. The van der Waals surface area contributed by atoms with E-state index >= 15 is 0 Å². The molecule has 2 atom stereocenters. The smallest absolute Gasteiger partial charge is 0.311 e. The molecule has 0 aliphatic heterocycles. The van der Waals surface area contributed by atoms with Crippen LogP contribution in [0.1, 0.15) is 78.1 Å². The second-order valence-electron chi connectivity index (χ2n) is 7.43. The van der Waals surface area contributed by atoms with Crippen molar-refractivity contribution in [3.05, 3.63) is 30.3 Å². The summed E-state index contributed by atoms with van der Waals surface area (Å²) in [4.78, 5) is 11.8. The standard InChI is InChI=1S/C24H40O5/c1-4-21(2)27-19-20-28-24(26-3)18-14-9-7-5-6-8-13-17-23(25)29-22-15-11-10-12-16-22/h10-12,15-16,21,24H,4-9,13-14,17-20H2,1-3H3. The van der Waals surface area contributed by atoms with Crippen LogP contribution in [0, 0.1) is 0 Å². The second kappa shape index (κ2) is 17.4. The molecule has 1 rings (SSSR count). The summed E-state index contributed by atoms with van der Waals surface area (Å²) in [5, 5.41) is 0. The molecule has 0 bridgehead atoms. The molecule has 0 aromatic heterocycles. The first-order chi connectivity index (χ1) is 14.2. The Balaban J connectivity index is 1.91. The summed E-state index contributed by atoms with van der Waals surface area (Å²) in [7, 11) is 1.70. The van der Waals surface area contributed by atoms with Crippen LogP contribution < -0.4 is 4.74 Å². The SMILES string of the molecule is CCC(C)OCCOC(CCCCCCCCCC(=O)Oc1ccccc1)OC. The van der Waals surface area contributed by atoms with E-state index in [4.69, 9.17) is 18.9 Å². The second-order valence-corrected chi connectivity index (χ2v) is 7.43. The number of rotatable bonds is 18. The molecule has 0 fully saturated rings. The molecule has 1 aromatic carbocycles. The molecule has 0 amide bonds. The zero-order valence-electron chi connectivity index (χ0n) is 18.6. The molecule has 29 heavy (non-hydrogen) atoms. The third-order valence-electron chi connectivity index (χ3n) is 4.92. The van der Waals surface area contributed by atoms with Crippen LogP contribution in [0.15, 0.2) is 30.3 Å². The minimum Gasteiger partial charge on any atom is -0.427 e. The predicted molar refractivity (Wildman–Crippen MR) is 116 cm³/mol. The first-order valence-electron chi connectivity index (χ1n) is 11.2. The van der Waals surface area contributed by atoms with Gasteiger partial charge in [-0.3, -0.25) is 4.79 Å². The Bertz CT molecular complexity index is 505. The molecular weight excluding hydrogens is 368 g/mol. The number of para-hydroxylation sites is 1. The van der Waals surface area contributed by atoms with Crippen LogP contribution in [0.4, 0.5) is 0 Å². The first kappa shape index (κ1) is 25.6. The Morgan fingerprint density at radius 1 is 0.897 bits per heavy atom. The average Bonchev–Trinajstić information content (AvgIpc) is 2.74. The Morgan fingerprint density at radius 3 is 2.17 bits per heavy atom. The van der Waals surface area contributed by atoms with E-state index in [-0.39, 0.29) is 18.4 Å². The molecule has 5 heteroatoms. The summed E-state index contributed by atoms with van der Waals surface area (Å²) < 4.78 is 22.0. The van der Waals surface area contributed by atoms with E-state index in [1.807, 2.05) is 18.2 Å². The fraction of sp³-hybridized carbons (Fsp3) is 0.708. The number of methoxy groups -OCH3 is 1. The van der Waals surface area contributed by atoms with E-state index in [2.05, 4.69) is 13.8 Å². The monoisotopic (exact) mass is 408 g/mol. The lowest BCUT2D eigenvalue weighted by atomic mass is 10.1. The van der Waals surface area contributed by atoms with E-state index in [0.717, 1.165) is 38.5 Å². The number of carbonyl (C=O) groups is 1. The highest BCUT2D eigenvalue weighted by molar-refractivity contribution is 5.72. The number of hydrogen-bond acceptors (Lipinski definition) is 5. The summed E-state index contributed by atoms with van der Waals surface area (Å²) in [6.07, 6.45) is 10.4. The molecule has 0 aliphatic rings. The lowest BCUT2D eigenvalue weighted by Crippen LogP contribution is -2.20. The topological polar surface area (TPSA) is 54.0 Å². The van der Waals surface area contributed by atoms with Gasteiger partial charge in [-0.25, -0.2) is 0 Å². The third kappa shape index (κ3) is 14.2. The number of benzene rings is 1. The summed E-state index contributed by atoms with van der Waals surface area (Å²) in [6, 6.07) is 9.25. The van der Waals surface area contributed by atoms with Crippen molar-refractivity contribution in [3.8, 4) is 5.75 Å². The molecule has 0 spiro atoms. The quantitative estimate of drug-likeness (QED) is 0.131. The Hall–Kier alpha value is -1.43. The Morgan fingerprint density at radius 2 is 1.52 bits per heavy atom. The van der Waals surface area contributed by atoms with Gasteiger partial charge in [0.1, 0.15) is 5.75 Å². The minimum atomic E-state index is -0.142. The number of unbranched alkanes of at least 4 members (excludes halogenated alkanes) is 6. The highest BCUT2D eigenvalue weighted by Crippen LogP contribution is 2.14. The van der Waals surface area contributed by atoms with Crippen molar-refractivity contribution in [2.75, 3.05) is 20.3 Å². The van der Waals surface area contributed by atoms with E-state index in [1.54, 1.807) is 19.2 Å². The normalized spacial score (nSPS) is 13.2. The van der Waals surface area contributed by atoms with Gasteiger partial charge in [0.15, 0.2) is 6.29 Å². The number of ether oxygens (including phenoxy) is 4. The van der Waals surface area contributed by atoms with Gasteiger partial charge in [0.05, 0.1) is 19.3 Å². The van der Waals surface area contributed by atoms with Crippen molar-refractivity contribution >= 4 is 5.97 Å². The zero-order chi connectivity index (χ0) is 21.2. The van der Waals surface area contributed by atoms with Crippen LogP contribution in [0.2, 0.25) is 0 Å². The van der Waals surface area contributed by atoms with Crippen LogP contribution in [-0.4, -0.2) is 38.7 Å². The molecule has 0 N–H and O–H groups in total. The third-order valence-corrected chi connectivity index (χ3v) is 4.92. The molecule has 2 unspecified atom stereocenters. The van der Waals surface area contributed by atoms with E-state index in [9.17, 15) is 4.79 Å². The van der Waals surface area contributed by atoms with Crippen LogP contribution in [-0.2, 0) is 19.0 Å². The molecule has 5 nitrogen and oxygen atoms in total. The molecule has 1 aromatic rings. The van der Waals surface area contributed by atoms with Gasteiger partial charge in [0, 0.05) is 13.5 Å². The van der Waals surface area contributed by atoms with Gasteiger partial charge in [-0.2, -0.15) is 0 Å². The van der Waals surface area contributed by atoms with Crippen LogP contribution >= 0.6 is 0 Å². The zero-order valence-corrected chi connectivity index (χ0v) is 18.6. The fourth-order valence-corrected chi connectivity index (χ4v) is 2.95. The number of hydrogen-bond donors (Lipinski definition) is 0. The molecule has 166 valence electrons. The maximum Gasteiger partial charge on any atom is 0.311 e. The van der Waals surface area contributed by atoms with Gasteiger partial charge >= 0.3 is 5.97 Å². The molecule has 0 aliphatic carbocycles. The summed E-state index contributed by atoms with van der Waals surface area (Å²) in [6.45, 7) is 5.39. The maximum atomic E-state index is 11.8. The summed E-state index contributed by atoms with van der Waals surface area (Å²) >= 11 is 0. The average molecular weight is 409 g/mol. The van der Waals surface area contributed by atoms with Gasteiger partial charge in [0.2, 0.25) is 0 Å². The molecule has 0 radical (unpaired) electrons. The van der Waals surface area contributed by atoms with Crippen molar-refractivity contribution < 1.29 is 23.7 Å². The van der Waals surface area contributed by atoms with Gasteiger partial charge < -0.3 is 18.9 Å². The van der Waals surface area contributed by atoms with Gasteiger partial charge in [-0.1, -0.05) is 57.2 Å². The van der Waals surface area contributed by atoms with Crippen molar-refractivity contribution in [1.29, 1.82) is 0 Å². The Kier molecular flexibility index (Phi) is 15.4. The van der Waals surface area contributed by atoms with Crippen LogP contribution in [0.25, 0.3) is 0 Å². The molecule has 0 saturated heterocycles. The van der Waals surface area contributed by atoms with Crippen molar-refractivity contribution in [1.82, 2.24) is 0 Å². The van der Waals surface area contributed by atoms with Crippen molar-refractivity contribution in [3.63, 3.8) is 0 Å². The van der Waals surface area contributed by atoms with E-state index in [0.29, 0.717) is 25.4 Å². The van der Waals surface area contributed by atoms with E-state index in [1.165, 1.54) is 19.3 Å². The Labute approximate surface area is 177 Å². The summed E-state index contributed by atoms with van der Waals surface area (Å²) in [5.41, 5.74) is 0. The van der Waals surface area contributed by atoms with Gasteiger partial charge in [-0.05, 0) is 44.7 Å². The van der Waals surface area contributed by atoms with Crippen LogP contribution in [0.3, 0.4) is 0 Å². The predicted octanol–water partition coefficient (Wildman–Crippen LogP) is 5.91. The van der Waals surface area contributed by atoms with E-state index < -0.39 is 0 Å². The molecule has 0 heterocycles. The largest absolute Gasteiger partial charge is 0.427 e. The fourth-order valence-electron chi connectivity index (χ4n) is 2.95. The lowest BCUT2D eigenvalue weighted by Gasteiger charge is -2.17. The number of esters is 1. The highest BCUT2D eigenvalue weighted by Gasteiger charge is 2.08. The highest BCUT2D eigenvalue weighted by atomic mass is 16.7. The number of carbonyl (C=O) groups excluding carboxylic acids is 1.